The van der Waals surface area contributed by atoms with Gasteiger partial charge in [0.2, 0.25) is 5.91 Å². The van der Waals surface area contributed by atoms with E-state index in [2.05, 4.69) is 12.1 Å². The molecule has 34 heavy (non-hydrogen) atoms. The largest absolute Gasteiger partial charge is 0.497 e. The fourth-order valence-corrected chi connectivity index (χ4v) is 5.69. The molecule has 174 valence electrons. The van der Waals surface area contributed by atoms with Gasteiger partial charge in [0.15, 0.2) is 0 Å². The van der Waals surface area contributed by atoms with Gasteiger partial charge in [-0.15, -0.1) is 0 Å². The minimum atomic E-state index is 0.0626. The molecule has 0 bridgehead atoms. The number of piperidine rings is 1. The average Bonchev–Trinajstić information content (AvgIpc) is 3.28. The van der Waals surface area contributed by atoms with Gasteiger partial charge in [0.25, 0.3) is 5.91 Å². The van der Waals surface area contributed by atoms with E-state index in [1.807, 2.05) is 76.5 Å². The first-order chi connectivity index (χ1) is 16.6. The van der Waals surface area contributed by atoms with Crippen molar-refractivity contribution in [2.24, 2.45) is 5.92 Å². The summed E-state index contributed by atoms with van der Waals surface area (Å²) >= 11 is 0. The Hall–Kier alpha value is -3.60. The van der Waals surface area contributed by atoms with Gasteiger partial charge in [-0.2, -0.15) is 0 Å². The summed E-state index contributed by atoms with van der Waals surface area (Å²) in [6, 6.07) is 26.2. The predicted molar refractivity (Wildman–Crippen MR) is 133 cm³/mol. The third-order valence-corrected chi connectivity index (χ3v) is 7.41. The number of rotatable bonds is 4. The molecule has 2 aliphatic heterocycles. The van der Waals surface area contributed by atoms with Crippen molar-refractivity contribution in [1.82, 2.24) is 9.80 Å². The average molecular weight is 455 g/mol. The second-order valence-electron chi connectivity index (χ2n) is 9.23. The molecular weight excluding hydrogens is 424 g/mol. The quantitative estimate of drug-likeness (QED) is 0.567. The molecule has 5 nitrogen and oxygen atoms in total. The van der Waals surface area contributed by atoms with E-state index in [-0.39, 0.29) is 29.7 Å². The van der Waals surface area contributed by atoms with Crippen molar-refractivity contribution in [2.45, 2.75) is 25.3 Å². The maximum absolute atomic E-state index is 13.8. The van der Waals surface area contributed by atoms with Crippen LogP contribution in [0, 0.1) is 5.92 Å². The predicted octanol–water partition coefficient (Wildman–Crippen LogP) is 4.84. The van der Waals surface area contributed by atoms with Crippen LogP contribution in [0.1, 0.15) is 35.2 Å². The summed E-state index contributed by atoms with van der Waals surface area (Å²) in [5.41, 5.74) is 3.92. The SMILES string of the molecule is COc1ccc([C@H]2CN(C(C)=O)[C@@H]3CCN(C(=O)c4ccccc4-c4ccccc4)C[C@H]23)cc1. The lowest BCUT2D eigenvalue weighted by Crippen LogP contribution is -2.49. The van der Waals surface area contributed by atoms with Gasteiger partial charge >= 0.3 is 0 Å². The van der Waals surface area contributed by atoms with Crippen molar-refractivity contribution in [3.05, 3.63) is 90.0 Å². The molecule has 0 aromatic heterocycles. The molecule has 3 aromatic carbocycles. The first-order valence-electron chi connectivity index (χ1n) is 11.9. The third-order valence-electron chi connectivity index (χ3n) is 7.41. The Morgan fingerprint density at radius 2 is 1.59 bits per heavy atom. The molecular formula is C29H30N2O3. The molecule has 3 aromatic rings. The molecule has 0 radical (unpaired) electrons. The molecule has 0 saturated carbocycles. The summed E-state index contributed by atoms with van der Waals surface area (Å²) in [5, 5.41) is 0. The van der Waals surface area contributed by atoms with Crippen molar-refractivity contribution in [1.29, 1.82) is 0 Å². The van der Waals surface area contributed by atoms with Crippen LogP contribution in [0.4, 0.5) is 0 Å². The Morgan fingerprint density at radius 1 is 0.882 bits per heavy atom. The van der Waals surface area contributed by atoms with Crippen molar-refractivity contribution >= 4 is 11.8 Å². The monoisotopic (exact) mass is 454 g/mol. The van der Waals surface area contributed by atoms with E-state index in [4.69, 9.17) is 4.74 Å². The van der Waals surface area contributed by atoms with E-state index in [0.29, 0.717) is 19.6 Å². The fourth-order valence-electron chi connectivity index (χ4n) is 5.69. The van der Waals surface area contributed by atoms with Crippen LogP contribution >= 0.6 is 0 Å². The highest BCUT2D eigenvalue weighted by molar-refractivity contribution is 6.01. The van der Waals surface area contributed by atoms with Gasteiger partial charge in [-0.3, -0.25) is 9.59 Å². The second kappa shape index (κ2) is 9.34. The number of likely N-dealkylation sites (tertiary alicyclic amines) is 2. The van der Waals surface area contributed by atoms with Crippen molar-refractivity contribution < 1.29 is 14.3 Å². The number of methoxy groups -OCH3 is 1. The van der Waals surface area contributed by atoms with E-state index in [1.165, 1.54) is 5.56 Å². The standard InChI is InChI=1S/C29H30N2O3/c1-20(32)31-19-26(22-12-14-23(34-2)15-13-22)27-18-30(17-16-28(27)31)29(33)25-11-7-6-10-24(25)21-8-4-3-5-9-21/h3-15,26-28H,16-19H2,1-2H3/t26-,27-,28-/m1/s1. The zero-order valence-corrected chi connectivity index (χ0v) is 19.7. The molecule has 0 unspecified atom stereocenters. The van der Waals surface area contributed by atoms with Crippen molar-refractivity contribution in [2.75, 3.05) is 26.7 Å². The number of carbonyl (C=O) groups excluding carboxylic acids is 2. The zero-order valence-electron chi connectivity index (χ0n) is 19.7. The van der Waals surface area contributed by atoms with Crippen molar-refractivity contribution in [3.63, 3.8) is 0 Å². The van der Waals surface area contributed by atoms with Crippen molar-refractivity contribution in [3.8, 4) is 16.9 Å². The highest BCUT2D eigenvalue weighted by Gasteiger charge is 2.47. The maximum atomic E-state index is 13.8. The smallest absolute Gasteiger partial charge is 0.254 e. The lowest BCUT2D eigenvalue weighted by atomic mass is 9.81. The molecule has 2 amide bonds. The molecule has 2 aliphatic rings. The van der Waals surface area contributed by atoms with Gasteiger partial charge in [-0.05, 0) is 41.3 Å². The topological polar surface area (TPSA) is 49.9 Å². The van der Waals surface area contributed by atoms with Gasteiger partial charge in [0.05, 0.1) is 7.11 Å². The van der Waals surface area contributed by atoms with Crippen LogP contribution in [0.25, 0.3) is 11.1 Å². The van der Waals surface area contributed by atoms with Crippen LogP contribution in [0.15, 0.2) is 78.9 Å². The number of carbonyl (C=O) groups is 2. The van der Waals surface area contributed by atoms with Crippen LogP contribution < -0.4 is 4.74 Å². The second-order valence-corrected chi connectivity index (χ2v) is 9.23. The Morgan fingerprint density at radius 3 is 2.29 bits per heavy atom. The number of nitrogens with zero attached hydrogens (tertiary/aromatic N) is 2. The van der Waals surface area contributed by atoms with Gasteiger partial charge in [0.1, 0.15) is 5.75 Å². The molecule has 2 fully saturated rings. The Kier molecular flexibility index (Phi) is 6.10. The summed E-state index contributed by atoms with van der Waals surface area (Å²) in [6.07, 6.45) is 0.802. The highest BCUT2D eigenvalue weighted by atomic mass is 16.5. The number of fused-ring (bicyclic) bond motifs is 1. The number of amides is 2. The van der Waals surface area contributed by atoms with Crippen LogP contribution in [0.5, 0.6) is 5.75 Å². The molecule has 2 saturated heterocycles. The zero-order chi connectivity index (χ0) is 23.7. The summed E-state index contributed by atoms with van der Waals surface area (Å²) in [4.78, 5) is 30.2. The van der Waals surface area contributed by atoms with Gasteiger partial charge in [0, 0.05) is 50.0 Å². The molecule has 2 heterocycles. The van der Waals surface area contributed by atoms with Gasteiger partial charge < -0.3 is 14.5 Å². The number of hydrogen-bond donors (Lipinski definition) is 0. The Balaban J connectivity index is 1.43. The normalized spacial score (nSPS) is 21.8. The maximum Gasteiger partial charge on any atom is 0.254 e. The number of hydrogen-bond acceptors (Lipinski definition) is 3. The lowest BCUT2D eigenvalue weighted by molar-refractivity contribution is -0.130. The molecule has 0 N–H and O–H groups in total. The fraction of sp³-hybridized carbons (Fsp3) is 0.310. The first-order valence-corrected chi connectivity index (χ1v) is 11.9. The minimum absolute atomic E-state index is 0.0626. The molecule has 3 atom stereocenters. The van der Waals surface area contributed by atoms with E-state index < -0.39 is 0 Å². The van der Waals surface area contributed by atoms with Crippen LogP contribution in [-0.4, -0.2) is 54.4 Å². The Bertz CT molecular complexity index is 1180. The lowest BCUT2D eigenvalue weighted by Gasteiger charge is -2.39. The number of benzene rings is 3. The van der Waals surface area contributed by atoms with E-state index in [1.54, 1.807) is 14.0 Å². The first kappa shape index (κ1) is 22.2. The molecule has 0 aliphatic carbocycles. The summed E-state index contributed by atoms with van der Waals surface area (Å²) in [7, 11) is 1.66. The molecule has 0 spiro atoms. The van der Waals surface area contributed by atoms with E-state index in [0.717, 1.165) is 28.9 Å². The summed E-state index contributed by atoms with van der Waals surface area (Å²) in [5.74, 6) is 1.39. The Labute approximate surface area is 201 Å². The summed E-state index contributed by atoms with van der Waals surface area (Å²) < 4.78 is 5.33. The highest BCUT2D eigenvalue weighted by Crippen LogP contribution is 2.42. The van der Waals surface area contributed by atoms with Gasteiger partial charge in [-0.1, -0.05) is 60.7 Å². The van der Waals surface area contributed by atoms with E-state index in [9.17, 15) is 9.59 Å². The van der Waals surface area contributed by atoms with Crippen LogP contribution in [0.2, 0.25) is 0 Å². The molecule has 5 rings (SSSR count). The minimum Gasteiger partial charge on any atom is -0.497 e. The third kappa shape index (κ3) is 4.07. The van der Waals surface area contributed by atoms with E-state index >= 15 is 0 Å². The van der Waals surface area contributed by atoms with Gasteiger partial charge in [-0.25, -0.2) is 0 Å². The van der Waals surface area contributed by atoms with Crippen LogP contribution in [-0.2, 0) is 4.79 Å². The number of ether oxygens (including phenoxy) is 1. The summed E-state index contributed by atoms with van der Waals surface area (Å²) in [6.45, 7) is 3.65. The van der Waals surface area contributed by atoms with Crippen LogP contribution in [0.3, 0.4) is 0 Å². The molecule has 5 heteroatoms.